The predicted octanol–water partition coefficient (Wildman–Crippen LogP) is 5.38. The summed E-state index contributed by atoms with van der Waals surface area (Å²) in [6.45, 7) is 0.372. The van der Waals surface area contributed by atoms with E-state index >= 15 is 0 Å². The smallest absolute Gasteiger partial charge is 0.446 e. The maximum atomic E-state index is 12.2. The Balaban J connectivity index is 1.99. The molecule has 2 aromatic carbocycles. The number of nitrogens with one attached hydrogen (secondary N) is 1. The minimum absolute atomic E-state index is 0.137. The zero-order valence-electron chi connectivity index (χ0n) is 10.6. The number of benzene rings is 2. The second-order valence-corrected chi connectivity index (χ2v) is 6.25. The molecule has 0 aliphatic rings. The average molecular weight is 378 g/mol. The van der Waals surface area contributed by atoms with Gasteiger partial charge in [0.1, 0.15) is 5.75 Å². The van der Waals surface area contributed by atoms with Crippen LogP contribution in [-0.4, -0.2) is 10.6 Å². The van der Waals surface area contributed by atoms with E-state index in [1.807, 2.05) is 0 Å². The zero-order chi connectivity index (χ0) is 15.5. The van der Waals surface area contributed by atoms with Crippen LogP contribution in [0.1, 0.15) is 5.56 Å². The van der Waals surface area contributed by atoms with E-state index in [1.54, 1.807) is 30.3 Å². The van der Waals surface area contributed by atoms with Gasteiger partial charge in [-0.3, -0.25) is 0 Å². The molecule has 0 unspecified atom stereocenters. The van der Waals surface area contributed by atoms with Crippen LogP contribution in [0.4, 0.5) is 18.9 Å². The van der Waals surface area contributed by atoms with Gasteiger partial charge in [0.15, 0.2) is 0 Å². The van der Waals surface area contributed by atoms with Gasteiger partial charge in [0.2, 0.25) is 0 Å². The van der Waals surface area contributed by atoms with Gasteiger partial charge in [-0.1, -0.05) is 15.9 Å². The molecule has 0 saturated carbocycles. The van der Waals surface area contributed by atoms with Crippen molar-refractivity contribution in [3.8, 4) is 5.75 Å². The Labute approximate surface area is 132 Å². The zero-order valence-corrected chi connectivity index (χ0v) is 13.0. The third kappa shape index (κ3) is 5.17. The van der Waals surface area contributed by atoms with Gasteiger partial charge in [0, 0.05) is 27.2 Å². The number of phenols is 1. The molecule has 21 heavy (non-hydrogen) atoms. The van der Waals surface area contributed by atoms with Crippen molar-refractivity contribution in [1.29, 1.82) is 0 Å². The van der Waals surface area contributed by atoms with Crippen molar-refractivity contribution in [3.05, 3.63) is 52.5 Å². The monoisotopic (exact) mass is 377 g/mol. The molecule has 2 N–H and O–H groups in total. The number of halogens is 4. The lowest BCUT2D eigenvalue weighted by atomic mass is 10.2. The molecule has 0 atom stereocenters. The number of anilines is 1. The normalized spacial score (nSPS) is 11.4. The molecule has 0 radical (unpaired) electrons. The Morgan fingerprint density at radius 2 is 1.76 bits per heavy atom. The van der Waals surface area contributed by atoms with E-state index < -0.39 is 5.51 Å². The summed E-state index contributed by atoms with van der Waals surface area (Å²) in [5, 5.41) is 12.7. The summed E-state index contributed by atoms with van der Waals surface area (Å²) < 4.78 is 37.5. The van der Waals surface area contributed by atoms with E-state index in [4.69, 9.17) is 0 Å². The van der Waals surface area contributed by atoms with Gasteiger partial charge in [-0.05, 0) is 54.2 Å². The number of thioether (sulfide) groups is 1. The van der Waals surface area contributed by atoms with E-state index in [0.717, 1.165) is 4.47 Å². The third-order valence-electron chi connectivity index (χ3n) is 2.61. The Morgan fingerprint density at radius 1 is 1.10 bits per heavy atom. The van der Waals surface area contributed by atoms with Gasteiger partial charge in [0.25, 0.3) is 0 Å². The average Bonchev–Trinajstić information content (AvgIpc) is 2.40. The number of phenolic OH excluding ortho intramolecular Hbond substituents is 1. The fourth-order valence-corrected chi connectivity index (χ4v) is 2.62. The molecular weight excluding hydrogens is 367 g/mol. The first-order chi connectivity index (χ1) is 9.83. The Bertz CT molecular complexity index is 617. The fraction of sp³-hybridized carbons (Fsp3) is 0.143. The van der Waals surface area contributed by atoms with Crippen molar-refractivity contribution >= 4 is 33.4 Å². The summed E-state index contributed by atoms with van der Waals surface area (Å²) in [7, 11) is 0. The van der Waals surface area contributed by atoms with Crippen LogP contribution in [0.5, 0.6) is 5.75 Å². The van der Waals surface area contributed by atoms with E-state index in [2.05, 4.69) is 21.2 Å². The third-order valence-corrected chi connectivity index (χ3v) is 3.84. The number of hydrogen-bond donors (Lipinski definition) is 2. The molecule has 0 fully saturated rings. The highest BCUT2D eigenvalue weighted by Gasteiger charge is 2.28. The van der Waals surface area contributed by atoms with E-state index in [1.165, 1.54) is 12.1 Å². The first-order valence-electron chi connectivity index (χ1n) is 5.90. The molecule has 0 spiro atoms. The summed E-state index contributed by atoms with van der Waals surface area (Å²) in [5.41, 5.74) is -2.91. The molecule has 0 heterocycles. The summed E-state index contributed by atoms with van der Waals surface area (Å²) in [6.07, 6.45) is 0. The van der Waals surface area contributed by atoms with E-state index in [-0.39, 0.29) is 22.4 Å². The topological polar surface area (TPSA) is 32.3 Å². The van der Waals surface area contributed by atoms with Gasteiger partial charge >= 0.3 is 5.51 Å². The fourth-order valence-electron chi connectivity index (χ4n) is 1.67. The van der Waals surface area contributed by atoms with Gasteiger partial charge in [-0.25, -0.2) is 0 Å². The second kappa shape index (κ2) is 6.62. The van der Waals surface area contributed by atoms with Crippen molar-refractivity contribution in [2.45, 2.75) is 16.9 Å². The van der Waals surface area contributed by atoms with Crippen LogP contribution in [0.25, 0.3) is 0 Å². The van der Waals surface area contributed by atoms with Crippen molar-refractivity contribution in [2.75, 3.05) is 5.32 Å². The summed E-state index contributed by atoms with van der Waals surface area (Å²) in [4.78, 5) is 0.137. The number of hydrogen-bond acceptors (Lipinski definition) is 3. The standard InChI is InChI=1S/C14H11BrF3NOS/c15-10-1-6-13(20)9(7-10)8-19-11-2-4-12(5-3-11)21-14(16,17)18/h1-7,19-20H,8H2. The maximum absolute atomic E-state index is 12.2. The molecule has 0 amide bonds. The van der Waals surface area contributed by atoms with Gasteiger partial charge in [0.05, 0.1) is 0 Å². The van der Waals surface area contributed by atoms with Gasteiger partial charge in [-0.15, -0.1) is 0 Å². The SMILES string of the molecule is Oc1ccc(Br)cc1CNc1ccc(SC(F)(F)F)cc1. The molecule has 112 valence electrons. The molecule has 0 aromatic heterocycles. The molecule has 0 aliphatic carbocycles. The largest absolute Gasteiger partial charge is 0.508 e. The highest BCUT2D eigenvalue weighted by molar-refractivity contribution is 9.10. The number of rotatable bonds is 4. The van der Waals surface area contributed by atoms with Gasteiger partial charge in [-0.2, -0.15) is 13.2 Å². The minimum atomic E-state index is -4.28. The van der Waals surface area contributed by atoms with Crippen LogP contribution < -0.4 is 5.32 Å². The molecule has 0 bridgehead atoms. The first-order valence-corrected chi connectivity index (χ1v) is 7.51. The maximum Gasteiger partial charge on any atom is 0.446 e. The Morgan fingerprint density at radius 3 is 2.38 bits per heavy atom. The van der Waals surface area contributed by atoms with E-state index in [0.29, 0.717) is 17.8 Å². The molecular formula is C14H11BrF3NOS. The first kappa shape index (κ1) is 16.0. The lowest BCUT2D eigenvalue weighted by molar-refractivity contribution is -0.0328. The highest BCUT2D eigenvalue weighted by Crippen LogP contribution is 2.37. The van der Waals surface area contributed by atoms with Crippen molar-refractivity contribution in [2.24, 2.45) is 0 Å². The lowest BCUT2D eigenvalue weighted by Crippen LogP contribution is -2.01. The summed E-state index contributed by atoms with van der Waals surface area (Å²) in [6, 6.07) is 11.0. The van der Waals surface area contributed by atoms with E-state index in [9.17, 15) is 18.3 Å². The second-order valence-electron chi connectivity index (χ2n) is 4.20. The Kier molecular flexibility index (Phi) is 5.05. The highest BCUT2D eigenvalue weighted by atomic mass is 79.9. The number of alkyl halides is 3. The molecule has 2 nitrogen and oxygen atoms in total. The minimum Gasteiger partial charge on any atom is -0.508 e. The molecule has 0 saturated heterocycles. The quantitative estimate of drug-likeness (QED) is 0.701. The summed E-state index contributed by atoms with van der Waals surface area (Å²) >= 11 is 3.17. The van der Waals surface area contributed by atoms with Crippen LogP contribution in [0, 0.1) is 0 Å². The molecule has 2 aromatic rings. The summed E-state index contributed by atoms with van der Waals surface area (Å²) in [5.74, 6) is 0.162. The molecule has 2 rings (SSSR count). The van der Waals surface area contributed by atoms with Crippen LogP contribution in [0.15, 0.2) is 51.8 Å². The number of aromatic hydroxyl groups is 1. The molecule has 7 heteroatoms. The Hall–Kier alpha value is -1.34. The van der Waals surface area contributed by atoms with Crippen LogP contribution in [-0.2, 0) is 6.54 Å². The van der Waals surface area contributed by atoms with Crippen LogP contribution in [0.2, 0.25) is 0 Å². The van der Waals surface area contributed by atoms with Crippen LogP contribution in [0.3, 0.4) is 0 Å². The molecule has 0 aliphatic heterocycles. The lowest BCUT2D eigenvalue weighted by Gasteiger charge is -2.10. The predicted molar refractivity (Wildman–Crippen MR) is 81.5 cm³/mol. The van der Waals surface area contributed by atoms with Crippen molar-refractivity contribution < 1.29 is 18.3 Å². The van der Waals surface area contributed by atoms with Crippen molar-refractivity contribution in [3.63, 3.8) is 0 Å². The van der Waals surface area contributed by atoms with Crippen molar-refractivity contribution in [1.82, 2.24) is 0 Å². The van der Waals surface area contributed by atoms with Crippen LogP contribution >= 0.6 is 27.7 Å². The van der Waals surface area contributed by atoms with Gasteiger partial charge < -0.3 is 10.4 Å².